The molecule has 1 aromatic heterocycles. The van der Waals surface area contributed by atoms with Crippen molar-refractivity contribution in [1.82, 2.24) is 15.0 Å². The Balaban J connectivity index is 1.63. The smallest absolute Gasteiger partial charge is 0.260 e. The summed E-state index contributed by atoms with van der Waals surface area (Å²) in [6.45, 7) is 0.177. The Labute approximate surface area is 135 Å². The van der Waals surface area contributed by atoms with Crippen LogP contribution in [0.5, 0.6) is 0 Å². The van der Waals surface area contributed by atoms with Gasteiger partial charge in [0.25, 0.3) is 5.91 Å². The molecule has 0 aliphatic rings. The minimum absolute atomic E-state index is 0.177. The van der Waals surface area contributed by atoms with Crippen LogP contribution in [0.4, 0.5) is 0 Å². The number of hydrogen-bond acceptors (Lipinski definition) is 3. The van der Waals surface area contributed by atoms with Gasteiger partial charge in [-0.1, -0.05) is 40.2 Å². The number of rotatable bonds is 4. The molecule has 5 nitrogen and oxygen atoms in total. The molecule has 6 heteroatoms. The molecular weight excluding hydrogens is 344 g/mol. The molecule has 0 spiro atoms. The lowest BCUT2D eigenvalue weighted by Crippen LogP contribution is -2.22. The molecule has 3 rings (SSSR count). The lowest BCUT2D eigenvalue weighted by atomic mass is 10.2. The van der Waals surface area contributed by atoms with Crippen LogP contribution in [0.2, 0.25) is 0 Å². The maximum absolute atomic E-state index is 11.9. The molecule has 0 fully saturated rings. The first-order valence-corrected chi connectivity index (χ1v) is 7.49. The van der Waals surface area contributed by atoms with E-state index in [2.05, 4.69) is 31.4 Å². The maximum atomic E-state index is 11.9. The monoisotopic (exact) mass is 356 g/mol. The summed E-state index contributed by atoms with van der Waals surface area (Å²) in [6.07, 6.45) is 3.26. The van der Waals surface area contributed by atoms with Crippen LogP contribution < -0.4 is 5.43 Å². The fraction of sp³-hybridized carbons (Fsp3) is 0.0625. The molecule has 1 N–H and O–H groups in total. The maximum Gasteiger partial charge on any atom is 0.260 e. The highest BCUT2D eigenvalue weighted by molar-refractivity contribution is 9.10. The zero-order valence-electron chi connectivity index (χ0n) is 11.6. The number of nitrogens with zero attached hydrogens (tertiary/aromatic N) is 3. The fourth-order valence-electron chi connectivity index (χ4n) is 2.09. The largest absolute Gasteiger partial charge is 0.321 e. The van der Waals surface area contributed by atoms with Crippen molar-refractivity contribution in [3.63, 3.8) is 0 Å². The van der Waals surface area contributed by atoms with E-state index >= 15 is 0 Å². The van der Waals surface area contributed by atoms with Gasteiger partial charge in [0, 0.05) is 4.47 Å². The number of halogens is 1. The lowest BCUT2D eigenvalue weighted by Gasteiger charge is -2.02. The zero-order chi connectivity index (χ0) is 15.4. The van der Waals surface area contributed by atoms with E-state index < -0.39 is 0 Å². The van der Waals surface area contributed by atoms with E-state index in [1.807, 2.05) is 48.5 Å². The number of para-hydroxylation sites is 2. The summed E-state index contributed by atoms with van der Waals surface area (Å²) in [6, 6.07) is 15.3. The normalized spacial score (nSPS) is 11.1. The summed E-state index contributed by atoms with van der Waals surface area (Å²) >= 11 is 3.39. The van der Waals surface area contributed by atoms with Gasteiger partial charge in [-0.15, -0.1) is 0 Å². The van der Waals surface area contributed by atoms with E-state index in [0.29, 0.717) is 0 Å². The van der Waals surface area contributed by atoms with Crippen molar-refractivity contribution in [2.24, 2.45) is 5.10 Å². The second kappa shape index (κ2) is 6.53. The molecular formula is C16H13BrN4O. The molecule has 0 radical (unpaired) electrons. The van der Waals surface area contributed by atoms with Crippen LogP contribution in [-0.2, 0) is 11.3 Å². The number of nitrogens with one attached hydrogen (secondary N) is 1. The molecule has 3 aromatic rings. The van der Waals surface area contributed by atoms with Crippen molar-refractivity contribution < 1.29 is 4.79 Å². The summed E-state index contributed by atoms with van der Waals surface area (Å²) in [4.78, 5) is 16.2. The highest BCUT2D eigenvalue weighted by Crippen LogP contribution is 2.11. The number of imidazole rings is 1. The molecule has 22 heavy (non-hydrogen) atoms. The molecule has 0 atom stereocenters. The minimum Gasteiger partial charge on any atom is -0.321 e. The molecule has 0 bridgehead atoms. The van der Waals surface area contributed by atoms with Gasteiger partial charge in [0.1, 0.15) is 6.54 Å². The van der Waals surface area contributed by atoms with Crippen molar-refractivity contribution in [2.45, 2.75) is 6.54 Å². The summed E-state index contributed by atoms with van der Waals surface area (Å²) < 4.78 is 2.76. The third kappa shape index (κ3) is 3.40. The quantitative estimate of drug-likeness (QED) is 0.577. The van der Waals surface area contributed by atoms with E-state index in [4.69, 9.17) is 0 Å². The standard InChI is InChI=1S/C16H13BrN4O/c17-13-5-3-4-12(8-13)9-19-20-16(22)10-21-11-18-14-6-1-2-7-15(14)21/h1-9,11H,10H2,(H,20,22). The molecule has 0 saturated heterocycles. The zero-order valence-corrected chi connectivity index (χ0v) is 13.2. The van der Waals surface area contributed by atoms with Crippen LogP contribution in [0.25, 0.3) is 11.0 Å². The van der Waals surface area contributed by atoms with Gasteiger partial charge in [-0.2, -0.15) is 5.10 Å². The second-order valence-corrected chi connectivity index (χ2v) is 5.63. The first-order chi connectivity index (χ1) is 10.7. The average Bonchev–Trinajstić information content (AvgIpc) is 2.91. The number of benzene rings is 2. The number of carbonyl (C=O) groups excluding carboxylic acids is 1. The average molecular weight is 357 g/mol. The third-order valence-corrected chi connectivity index (χ3v) is 3.59. The van der Waals surface area contributed by atoms with Crippen molar-refractivity contribution >= 4 is 39.1 Å². The van der Waals surface area contributed by atoms with Crippen LogP contribution in [0.15, 0.2) is 64.4 Å². The summed E-state index contributed by atoms with van der Waals surface area (Å²) in [7, 11) is 0. The predicted octanol–water partition coefficient (Wildman–Crippen LogP) is 2.95. The number of amides is 1. The molecule has 2 aromatic carbocycles. The second-order valence-electron chi connectivity index (χ2n) is 4.71. The molecule has 1 heterocycles. The van der Waals surface area contributed by atoms with Crippen molar-refractivity contribution in [3.8, 4) is 0 Å². The first-order valence-electron chi connectivity index (χ1n) is 6.70. The topological polar surface area (TPSA) is 59.3 Å². The van der Waals surface area contributed by atoms with E-state index in [0.717, 1.165) is 21.1 Å². The Morgan fingerprint density at radius 3 is 3.00 bits per heavy atom. The summed E-state index contributed by atoms with van der Waals surface area (Å²) in [5, 5.41) is 3.96. The van der Waals surface area contributed by atoms with Crippen molar-refractivity contribution in [1.29, 1.82) is 0 Å². The first kappa shape index (κ1) is 14.5. The summed E-state index contributed by atoms with van der Waals surface area (Å²) in [5.41, 5.74) is 5.22. The Morgan fingerprint density at radius 1 is 1.27 bits per heavy atom. The van der Waals surface area contributed by atoms with Gasteiger partial charge in [0.2, 0.25) is 0 Å². The molecule has 110 valence electrons. The van der Waals surface area contributed by atoms with E-state index in [-0.39, 0.29) is 12.5 Å². The highest BCUT2D eigenvalue weighted by atomic mass is 79.9. The van der Waals surface area contributed by atoms with E-state index in [9.17, 15) is 4.79 Å². The van der Waals surface area contributed by atoms with Crippen molar-refractivity contribution in [3.05, 3.63) is 64.9 Å². The van der Waals surface area contributed by atoms with Gasteiger partial charge < -0.3 is 4.57 Å². The van der Waals surface area contributed by atoms with Gasteiger partial charge in [0.15, 0.2) is 0 Å². The van der Waals surface area contributed by atoms with Crippen LogP contribution in [0.1, 0.15) is 5.56 Å². The predicted molar refractivity (Wildman–Crippen MR) is 89.6 cm³/mol. The van der Waals surface area contributed by atoms with E-state index in [1.165, 1.54) is 0 Å². The van der Waals surface area contributed by atoms with Crippen LogP contribution in [-0.4, -0.2) is 21.7 Å². The highest BCUT2D eigenvalue weighted by Gasteiger charge is 2.05. The minimum atomic E-state index is -0.200. The van der Waals surface area contributed by atoms with Crippen LogP contribution in [0.3, 0.4) is 0 Å². The van der Waals surface area contributed by atoms with Gasteiger partial charge in [-0.25, -0.2) is 10.4 Å². The van der Waals surface area contributed by atoms with Gasteiger partial charge in [0.05, 0.1) is 23.6 Å². The van der Waals surface area contributed by atoms with Crippen molar-refractivity contribution in [2.75, 3.05) is 0 Å². The molecule has 0 aliphatic carbocycles. The van der Waals surface area contributed by atoms with Gasteiger partial charge >= 0.3 is 0 Å². The van der Waals surface area contributed by atoms with Crippen LogP contribution in [0, 0.1) is 0 Å². The Kier molecular flexibility index (Phi) is 4.29. The Morgan fingerprint density at radius 2 is 2.14 bits per heavy atom. The van der Waals surface area contributed by atoms with E-state index in [1.54, 1.807) is 17.1 Å². The van der Waals surface area contributed by atoms with Crippen LogP contribution >= 0.6 is 15.9 Å². The molecule has 0 unspecified atom stereocenters. The molecule has 0 aliphatic heterocycles. The number of hydrogen-bond donors (Lipinski definition) is 1. The number of fused-ring (bicyclic) bond motifs is 1. The number of aromatic nitrogens is 2. The third-order valence-electron chi connectivity index (χ3n) is 3.09. The summed E-state index contributed by atoms with van der Waals surface area (Å²) in [5.74, 6) is -0.200. The SMILES string of the molecule is O=C(Cn1cnc2ccccc21)NN=Cc1cccc(Br)c1. The Bertz CT molecular complexity index is 841. The lowest BCUT2D eigenvalue weighted by molar-refractivity contribution is -0.121. The Hall–Kier alpha value is -2.47. The number of hydrazone groups is 1. The molecule has 0 saturated carbocycles. The fourth-order valence-corrected chi connectivity index (χ4v) is 2.51. The van der Waals surface area contributed by atoms with Gasteiger partial charge in [-0.05, 0) is 29.8 Å². The molecule has 1 amide bonds. The number of carbonyl (C=O) groups is 1. The van der Waals surface area contributed by atoms with Gasteiger partial charge in [-0.3, -0.25) is 4.79 Å².